The number of halogens is 2. The normalized spacial score (nSPS) is 12.2. The molecule has 2 aromatic rings. The summed E-state index contributed by atoms with van der Waals surface area (Å²) >= 11 is 6.08. The zero-order valence-electron chi connectivity index (χ0n) is 20.4. The average Bonchev–Trinajstić information content (AvgIpc) is 2.79. The first kappa shape index (κ1) is 28.4. The average molecular weight is 528 g/mol. The van der Waals surface area contributed by atoms with Crippen LogP contribution in [-0.4, -0.2) is 57.6 Å². The second-order valence-electron chi connectivity index (χ2n) is 8.55. The second-order valence-corrected chi connectivity index (χ2v) is 10.9. The molecule has 1 N–H and O–H groups in total. The van der Waals surface area contributed by atoms with E-state index in [2.05, 4.69) is 5.32 Å². The van der Waals surface area contributed by atoms with Crippen molar-refractivity contribution in [1.82, 2.24) is 10.2 Å². The predicted octanol–water partition coefficient (Wildman–Crippen LogP) is 3.44. The maximum absolute atomic E-state index is 13.5. The Morgan fingerprint density at radius 1 is 1.11 bits per heavy atom. The van der Waals surface area contributed by atoms with Crippen LogP contribution in [0.15, 0.2) is 42.5 Å². The molecular formula is C24H31ClFN3O5S. The molecule has 0 aliphatic rings. The lowest BCUT2D eigenvalue weighted by atomic mass is 10.1. The smallest absolute Gasteiger partial charge is 0.244 e. The third kappa shape index (κ3) is 8.10. The van der Waals surface area contributed by atoms with Gasteiger partial charge in [0.15, 0.2) is 0 Å². The van der Waals surface area contributed by atoms with E-state index in [1.807, 2.05) is 13.8 Å². The fraction of sp³-hybridized carbons (Fsp3) is 0.417. The maximum Gasteiger partial charge on any atom is 0.244 e. The van der Waals surface area contributed by atoms with Crippen LogP contribution in [0.1, 0.15) is 26.3 Å². The van der Waals surface area contributed by atoms with Gasteiger partial charge in [0, 0.05) is 18.1 Å². The van der Waals surface area contributed by atoms with Crippen LogP contribution in [0.2, 0.25) is 5.02 Å². The molecule has 0 fully saturated rings. The van der Waals surface area contributed by atoms with Crippen LogP contribution in [0.4, 0.5) is 10.1 Å². The Bertz CT molecular complexity index is 1140. The minimum absolute atomic E-state index is 0.0281. The monoisotopic (exact) mass is 527 g/mol. The van der Waals surface area contributed by atoms with Crippen molar-refractivity contribution in [1.29, 1.82) is 0 Å². The molecule has 2 amide bonds. The van der Waals surface area contributed by atoms with Crippen LogP contribution in [0.5, 0.6) is 5.75 Å². The van der Waals surface area contributed by atoms with Gasteiger partial charge in [-0.15, -0.1) is 0 Å². The third-order valence-corrected chi connectivity index (χ3v) is 6.57. The standard InChI is InChI=1S/C24H31ClFN3O5S/c1-16(2)13-27-24(31)17(3)28(14-18-6-9-20(26)10-7-18)23(30)15-29(35(5,32)33)21-12-19(25)8-11-22(21)34-4/h6-12,16-17H,13-15H2,1-5H3,(H,27,31)/t17-/m0/s1. The Kier molecular flexibility index (Phi) is 9.91. The van der Waals surface area contributed by atoms with E-state index in [1.54, 1.807) is 6.92 Å². The van der Waals surface area contributed by atoms with Crippen molar-refractivity contribution >= 4 is 39.1 Å². The highest BCUT2D eigenvalue weighted by atomic mass is 35.5. The van der Waals surface area contributed by atoms with Gasteiger partial charge in [0.2, 0.25) is 21.8 Å². The number of benzene rings is 2. The topological polar surface area (TPSA) is 96.0 Å². The molecular weight excluding hydrogens is 497 g/mol. The van der Waals surface area contributed by atoms with Crippen molar-refractivity contribution in [2.75, 3.05) is 30.8 Å². The first-order chi connectivity index (χ1) is 16.3. The Labute approximate surface area is 211 Å². The highest BCUT2D eigenvalue weighted by Gasteiger charge is 2.31. The first-order valence-corrected chi connectivity index (χ1v) is 13.2. The van der Waals surface area contributed by atoms with Crippen molar-refractivity contribution < 1.29 is 27.1 Å². The number of nitrogens with zero attached hydrogens (tertiary/aromatic N) is 2. The number of rotatable bonds is 11. The van der Waals surface area contributed by atoms with E-state index in [4.69, 9.17) is 16.3 Å². The molecule has 192 valence electrons. The summed E-state index contributed by atoms with van der Waals surface area (Å²) in [7, 11) is -2.57. The van der Waals surface area contributed by atoms with Crippen molar-refractivity contribution in [3.63, 3.8) is 0 Å². The number of amides is 2. The Morgan fingerprint density at radius 2 is 1.74 bits per heavy atom. The molecule has 8 nitrogen and oxygen atoms in total. The van der Waals surface area contributed by atoms with Gasteiger partial charge in [-0.2, -0.15) is 0 Å². The zero-order valence-corrected chi connectivity index (χ0v) is 22.0. The van der Waals surface area contributed by atoms with Crippen LogP contribution in [0.25, 0.3) is 0 Å². The summed E-state index contributed by atoms with van der Waals surface area (Å²) in [6.07, 6.45) is 0.962. The third-order valence-electron chi connectivity index (χ3n) is 5.21. The molecule has 2 aromatic carbocycles. The number of hydrogen-bond acceptors (Lipinski definition) is 5. The van der Waals surface area contributed by atoms with Gasteiger partial charge in [0.25, 0.3) is 0 Å². The molecule has 0 aliphatic carbocycles. The highest BCUT2D eigenvalue weighted by Crippen LogP contribution is 2.33. The molecule has 0 saturated heterocycles. The van der Waals surface area contributed by atoms with Gasteiger partial charge < -0.3 is 15.0 Å². The molecule has 0 heterocycles. The minimum atomic E-state index is -3.94. The fourth-order valence-corrected chi connectivity index (χ4v) is 4.29. The van der Waals surface area contributed by atoms with Gasteiger partial charge in [0.1, 0.15) is 24.2 Å². The van der Waals surface area contributed by atoms with Gasteiger partial charge >= 0.3 is 0 Å². The van der Waals surface area contributed by atoms with E-state index >= 15 is 0 Å². The summed E-state index contributed by atoms with van der Waals surface area (Å²) in [6.45, 7) is 5.22. The summed E-state index contributed by atoms with van der Waals surface area (Å²) in [6, 6.07) is 9.01. The molecule has 11 heteroatoms. The minimum Gasteiger partial charge on any atom is -0.495 e. The van der Waals surface area contributed by atoms with Crippen LogP contribution >= 0.6 is 11.6 Å². The number of sulfonamides is 1. The number of carbonyl (C=O) groups is 2. The molecule has 1 atom stereocenters. The second kappa shape index (κ2) is 12.2. The lowest BCUT2D eigenvalue weighted by Gasteiger charge is -2.32. The number of anilines is 1. The van der Waals surface area contributed by atoms with Crippen LogP contribution in [-0.2, 0) is 26.2 Å². The van der Waals surface area contributed by atoms with Gasteiger partial charge in [-0.05, 0) is 48.7 Å². The van der Waals surface area contributed by atoms with Crippen molar-refractivity contribution in [2.24, 2.45) is 5.92 Å². The van der Waals surface area contributed by atoms with E-state index < -0.39 is 34.3 Å². The summed E-state index contributed by atoms with van der Waals surface area (Å²) in [4.78, 5) is 27.6. The van der Waals surface area contributed by atoms with E-state index in [1.165, 1.54) is 54.5 Å². The van der Waals surface area contributed by atoms with Crippen molar-refractivity contribution in [3.05, 3.63) is 58.9 Å². The number of hydrogen-bond donors (Lipinski definition) is 1. The summed E-state index contributed by atoms with van der Waals surface area (Å²) in [5.74, 6) is -1.05. The molecule has 0 radical (unpaired) electrons. The van der Waals surface area contributed by atoms with Crippen LogP contribution in [0.3, 0.4) is 0 Å². The largest absolute Gasteiger partial charge is 0.495 e. The van der Waals surface area contributed by atoms with E-state index in [0.717, 1.165) is 10.6 Å². The van der Waals surface area contributed by atoms with E-state index in [-0.39, 0.29) is 34.8 Å². The summed E-state index contributed by atoms with van der Waals surface area (Å²) in [5.41, 5.74) is 0.670. The number of carbonyl (C=O) groups excluding carboxylic acids is 2. The lowest BCUT2D eigenvalue weighted by Crippen LogP contribution is -2.51. The molecule has 0 saturated carbocycles. The fourth-order valence-electron chi connectivity index (χ4n) is 3.27. The zero-order chi connectivity index (χ0) is 26.3. The molecule has 0 unspecified atom stereocenters. The van der Waals surface area contributed by atoms with Gasteiger partial charge in [-0.25, -0.2) is 12.8 Å². The van der Waals surface area contributed by atoms with Gasteiger partial charge in [-0.3, -0.25) is 13.9 Å². The summed E-state index contributed by atoms with van der Waals surface area (Å²) in [5, 5.41) is 3.05. The molecule has 35 heavy (non-hydrogen) atoms. The van der Waals surface area contributed by atoms with Gasteiger partial charge in [-0.1, -0.05) is 37.6 Å². The Hall–Kier alpha value is -2.85. The Morgan fingerprint density at radius 3 is 2.29 bits per heavy atom. The lowest BCUT2D eigenvalue weighted by molar-refractivity contribution is -0.139. The Balaban J connectivity index is 2.43. The number of nitrogens with one attached hydrogen (secondary N) is 1. The maximum atomic E-state index is 13.5. The first-order valence-electron chi connectivity index (χ1n) is 11.0. The molecule has 0 aliphatic heterocycles. The molecule has 0 spiro atoms. The predicted molar refractivity (Wildman–Crippen MR) is 134 cm³/mol. The van der Waals surface area contributed by atoms with Crippen LogP contribution in [0, 0.1) is 11.7 Å². The highest BCUT2D eigenvalue weighted by molar-refractivity contribution is 7.92. The summed E-state index contributed by atoms with van der Waals surface area (Å²) < 4.78 is 44.9. The molecule has 0 aromatic heterocycles. The SMILES string of the molecule is COc1ccc(Cl)cc1N(CC(=O)N(Cc1ccc(F)cc1)[C@@H](C)C(=O)NCC(C)C)S(C)(=O)=O. The quantitative estimate of drug-likeness (QED) is 0.483. The van der Waals surface area contributed by atoms with E-state index in [0.29, 0.717) is 12.1 Å². The van der Waals surface area contributed by atoms with E-state index in [9.17, 15) is 22.4 Å². The number of ether oxygens (including phenoxy) is 1. The van der Waals surface area contributed by atoms with Gasteiger partial charge in [0.05, 0.1) is 19.1 Å². The van der Waals surface area contributed by atoms with Crippen molar-refractivity contribution in [3.8, 4) is 5.75 Å². The van der Waals surface area contributed by atoms with Crippen LogP contribution < -0.4 is 14.4 Å². The van der Waals surface area contributed by atoms with Crippen molar-refractivity contribution in [2.45, 2.75) is 33.4 Å². The molecule has 2 rings (SSSR count). The number of methoxy groups -OCH3 is 1. The molecule has 0 bridgehead atoms.